The molecule has 0 spiro atoms. The Bertz CT molecular complexity index is 2940. The molecular weight excluding hydrogens is 1450 g/mol. The summed E-state index contributed by atoms with van der Waals surface area (Å²) in [7, 11) is -10.0. The van der Waals surface area contributed by atoms with Gasteiger partial charge in [-0.25, -0.2) is 9.13 Å². The predicted octanol–water partition coefficient (Wildman–Crippen LogP) is 25.4. The van der Waals surface area contributed by atoms with Crippen molar-refractivity contribution >= 4 is 39.5 Å². The Hall–Kier alpha value is -6.36. The summed E-state index contributed by atoms with van der Waals surface area (Å²) in [5, 5.41) is 10.7. The highest BCUT2D eigenvalue weighted by Crippen LogP contribution is 2.45. The fraction of sp³-hybridized carbons (Fsp3) is 0.591. The van der Waals surface area contributed by atoms with E-state index in [1.54, 1.807) is 0 Å². The quantitative estimate of drug-likeness (QED) is 0.0169. The summed E-state index contributed by atoms with van der Waals surface area (Å²) in [6.45, 7) is 4.29. The fourth-order valence-corrected chi connectivity index (χ4v) is 12.0. The zero-order chi connectivity index (χ0) is 81.7. The number of allylic oxidation sites excluding steroid dienone is 34. The first-order chi connectivity index (χ1) is 54.7. The van der Waals surface area contributed by atoms with Gasteiger partial charge in [0.1, 0.15) is 19.3 Å². The molecule has 0 aromatic heterocycles. The maximum Gasteiger partial charge on any atom is 0.472 e. The van der Waals surface area contributed by atoms with Crippen molar-refractivity contribution in [3.63, 3.8) is 0 Å². The van der Waals surface area contributed by atoms with Gasteiger partial charge in [-0.1, -0.05) is 298 Å². The third kappa shape index (κ3) is 81.6. The molecule has 0 fully saturated rings. The summed E-state index contributed by atoms with van der Waals surface area (Å²) < 4.78 is 68.7. The van der Waals surface area contributed by atoms with E-state index >= 15 is 0 Å². The van der Waals surface area contributed by atoms with Crippen molar-refractivity contribution < 1.29 is 80.2 Å². The molecule has 3 N–H and O–H groups in total. The van der Waals surface area contributed by atoms with E-state index in [1.165, 1.54) is 0 Å². The van der Waals surface area contributed by atoms with Gasteiger partial charge in [-0.3, -0.25) is 37.3 Å². The molecule has 0 saturated heterocycles. The number of carbonyl (C=O) groups is 4. The van der Waals surface area contributed by atoms with Crippen LogP contribution < -0.4 is 0 Å². The Kier molecular flexibility index (Phi) is 77.9. The normalized spacial score (nSPS) is 14.8. The van der Waals surface area contributed by atoms with Gasteiger partial charge in [0, 0.05) is 25.7 Å². The van der Waals surface area contributed by atoms with Gasteiger partial charge < -0.3 is 33.8 Å². The van der Waals surface area contributed by atoms with E-state index in [0.717, 1.165) is 212 Å². The van der Waals surface area contributed by atoms with E-state index in [1.807, 2.05) is 12.2 Å². The number of phosphoric acid groups is 2. The highest BCUT2D eigenvalue weighted by atomic mass is 31.2. The van der Waals surface area contributed by atoms with Crippen LogP contribution in [0.25, 0.3) is 0 Å². The number of aliphatic hydroxyl groups excluding tert-OH is 1. The Labute approximate surface area is 678 Å². The number of unbranched alkanes of at least 4 members (excludes halogenated alkanes) is 17. The van der Waals surface area contributed by atoms with E-state index in [-0.39, 0.29) is 25.7 Å². The maximum absolute atomic E-state index is 13.2. The van der Waals surface area contributed by atoms with Gasteiger partial charge in [0.15, 0.2) is 12.2 Å². The largest absolute Gasteiger partial charge is 0.472 e. The second-order valence-electron chi connectivity index (χ2n) is 27.2. The summed E-state index contributed by atoms with van der Waals surface area (Å²) in [6, 6.07) is 0. The first kappa shape index (κ1) is 106. The molecule has 5 atom stereocenters. The van der Waals surface area contributed by atoms with Crippen LogP contribution in [0.5, 0.6) is 0 Å². The Balaban J connectivity index is 5.52. The van der Waals surface area contributed by atoms with Crippen molar-refractivity contribution in [2.45, 2.75) is 316 Å². The molecule has 0 bridgehead atoms. The van der Waals surface area contributed by atoms with Crippen LogP contribution in [0.4, 0.5) is 0 Å². The lowest BCUT2D eigenvalue weighted by Gasteiger charge is -2.21. The van der Waals surface area contributed by atoms with Gasteiger partial charge in [0.25, 0.3) is 0 Å². The lowest BCUT2D eigenvalue weighted by Crippen LogP contribution is -2.30. The van der Waals surface area contributed by atoms with Crippen molar-refractivity contribution in [3.05, 3.63) is 207 Å². The molecule has 5 unspecified atom stereocenters. The molecule has 0 aliphatic heterocycles. The molecular formula is C93H148O17P2. The molecule has 17 nitrogen and oxygen atoms in total. The van der Waals surface area contributed by atoms with Crippen LogP contribution in [0.2, 0.25) is 0 Å². The van der Waals surface area contributed by atoms with Gasteiger partial charge in [0.2, 0.25) is 0 Å². The summed E-state index contributed by atoms with van der Waals surface area (Å²) >= 11 is 0. The van der Waals surface area contributed by atoms with Crippen LogP contribution in [0.1, 0.15) is 297 Å². The number of phosphoric ester groups is 2. The van der Waals surface area contributed by atoms with Crippen molar-refractivity contribution in [1.82, 2.24) is 0 Å². The topological polar surface area (TPSA) is 237 Å². The van der Waals surface area contributed by atoms with Crippen molar-refractivity contribution in [3.8, 4) is 0 Å². The zero-order valence-electron chi connectivity index (χ0n) is 69.3. The lowest BCUT2D eigenvalue weighted by molar-refractivity contribution is -0.161. The molecule has 0 saturated carbocycles. The first-order valence-electron chi connectivity index (χ1n) is 42.3. The standard InChI is InChI=1S/C93H148O17P2/c1-5-9-13-17-21-25-29-33-37-41-43-47-50-54-58-62-66-70-74-78-91(96)104-84-89(110-93(98)80-76-72-68-64-60-56-52-48-44-42-38-34-30-26-22-18-14-10-6-2)86-108-112(101,102)106-82-87(94)81-105-111(99,100)107-85-88(109-92(97)79-75-71-67-63-59-55-51-46-40-36-32-28-24-20-16-12-8-4)83-103-90(95)77-73-69-65-61-57-53-49-45-39-35-31-27-23-19-15-11-7-3/h9-16,21-28,33-40,43-44,47-49,53-54,58,61,65,87-89,94H,5-8,17-20,29-32,41-42,45-46,50-52,55-57,59-60,62-64,66-86H2,1-4H3,(H,99,100)(H,101,102)/b13-9-,14-10-,15-11-,16-12-,25-21-,26-22-,27-23-,28-24-,37-33-,38-34-,39-35-,40-36-,47-43-,48-44-,53-49-,58-54-,65-61-. The van der Waals surface area contributed by atoms with E-state index in [0.29, 0.717) is 32.1 Å². The van der Waals surface area contributed by atoms with Crippen LogP contribution in [-0.2, 0) is 65.4 Å². The van der Waals surface area contributed by atoms with Crippen LogP contribution in [-0.4, -0.2) is 96.7 Å². The van der Waals surface area contributed by atoms with Crippen molar-refractivity contribution in [1.29, 1.82) is 0 Å². The van der Waals surface area contributed by atoms with Gasteiger partial charge in [0.05, 0.1) is 26.4 Å². The maximum atomic E-state index is 13.2. The molecule has 632 valence electrons. The van der Waals surface area contributed by atoms with Crippen LogP contribution in [0, 0.1) is 0 Å². The minimum atomic E-state index is -5.01. The zero-order valence-corrected chi connectivity index (χ0v) is 71.0. The predicted molar refractivity (Wildman–Crippen MR) is 463 cm³/mol. The smallest absolute Gasteiger partial charge is 0.462 e. The SMILES string of the molecule is CC/C=C\C/C=C\C/C=C\C/C=C\C/C=C\CCCCCC(=O)OCC(COP(=O)(O)OCC(O)COP(=O)(O)OCC(COC(=O)CCC/C=C\C/C=C\C/C=C\C/C=C\C/C=C\CC)OC(=O)CCCCCCCCC/C=C\C/C=C\C/C=C\CC)OC(=O)CCCCCCCC/C=C\C/C=C\C/C=C\C/C=C\CC. The molecule has 0 radical (unpaired) electrons. The lowest BCUT2D eigenvalue weighted by atomic mass is 10.1. The third-order valence-corrected chi connectivity index (χ3v) is 18.6. The minimum absolute atomic E-state index is 0.0610. The molecule has 0 heterocycles. The van der Waals surface area contributed by atoms with Gasteiger partial charge in [-0.05, 0) is 180 Å². The van der Waals surface area contributed by atoms with Crippen LogP contribution in [0.15, 0.2) is 207 Å². The average Bonchev–Trinajstić information content (AvgIpc) is 0.898. The number of esters is 4. The highest BCUT2D eigenvalue weighted by molar-refractivity contribution is 7.47. The molecule has 19 heteroatoms. The number of carbonyl (C=O) groups excluding carboxylic acids is 4. The number of rotatable bonds is 77. The van der Waals surface area contributed by atoms with E-state index in [9.17, 15) is 43.2 Å². The first-order valence-corrected chi connectivity index (χ1v) is 45.3. The molecule has 0 aromatic carbocycles. The van der Waals surface area contributed by atoms with Crippen molar-refractivity contribution in [2.24, 2.45) is 0 Å². The summed E-state index contributed by atoms with van der Waals surface area (Å²) in [6.07, 6.45) is 104. The highest BCUT2D eigenvalue weighted by Gasteiger charge is 2.30. The van der Waals surface area contributed by atoms with E-state index < -0.39 is 97.5 Å². The molecule has 0 rings (SSSR count). The van der Waals surface area contributed by atoms with Gasteiger partial charge >= 0.3 is 39.5 Å². The Morgan fingerprint density at radius 2 is 0.446 bits per heavy atom. The van der Waals surface area contributed by atoms with Gasteiger partial charge in [-0.2, -0.15) is 0 Å². The van der Waals surface area contributed by atoms with Crippen LogP contribution >= 0.6 is 15.6 Å². The molecule has 0 aliphatic rings. The van der Waals surface area contributed by atoms with Crippen molar-refractivity contribution in [2.75, 3.05) is 39.6 Å². The molecule has 112 heavy (non-hydrogen) atoms. The number of aliphatic hydroxyl groups is 1. The second kappa shape index (κ2) is 82.6. The Morgan fingerprint density at radius 3 is 0.714 bits per heavy atom. The fourth-order valence-electron chi connectivity index (χ4n) is 10.5. The van der Waals surface area contributed by atoms with E-state index in [4.69, 9.17) is 37.0 Å². The molecule has 0 aromatic rings. The third-order valence-electron chi connectivity index (χ3n) is 16.7. The van der Waals surface area contributed by atoms with Gasteiger partial charge in [-0.15, -0.1) is 0 Å². The minimum Gasteiger partial charge on any atom is -0.462 e. The monoisotopic (exact) mass is 1600 g/mol. The number of hydrogen-bond acceptors (Lipinski definition) is 15. The molecule has 0 amide bonds. The van der Waals surface area contributed by atoms with Crippen LogP contribution in [0.3, 0.4) is 0 Å². The average molecular weight is 1600 g/mol. The number of hydrogen-bond donors (Lipinski definition) is 3. The second-order valence-corrected chi connectivity index (χ2v) is 30.1. The Morgan fingerprint density at radius 1 is 0.250 bits per heavy atom. The van der Waals surface area contributed by atoms with E-state index in [2.05, 4.69) is 222 Å². The summed E-state index contributed by atoms with van der Waals surface area (Å²) in [5.74, 6) is -2.32. The molecule has 0 aliphatic carbocycles. The number of ether oxygens (including phenoxy) is 4. The summed E-state index contributed by atoms with van der Waals surface area (Å²) in [4.78, 5) is 73.3. The summed E-state index contributed by atoms with van der Waals surface area (Å²) in [5.41, 5.74) is 0.